The van der Waals surface area contributed by atoms with E-state index in [0.29, 0.717) is 31.3 Å². The van der Waals surface area contributed by atoms with Crippen LogP contribution in [0.4, 0.5) is 4.79 Å². The van der Waals surface area contributed by atoms with Crippen LogP contribution in [-0.4, -0.2) is 51.3 Å². The molecule has 2 aliphatic rings. The van der Waals surface area contributed by atoms with Crippen LogP contribution in [0.25, 0.3) is 0 Å². The molecule has 1 aromatic heterocycles. The van der Waals surface area contributed by atoms with Crippen LogP contribution in [0.3, 0.4) is 0 Å². The highest BCUT2D eigenvalue weighted by atomic mass is 16.5. The molecule has 8 heteroatoms. The summed E-state index contributed by atoms with van der Waals surface area (Å²) in [6.45, 7) is 0.895. The lowest BCUT2D eigenvalue weighted by atomic mass is 9.94. The van der Waals surface area contributed by atoms with E-state index in [4.69, 9.17) is 0 Å². The summed E-state index contributed by atoms with van der Waals surface area (Å²) in [4.78, 5) is 29.0. The number of rotatable bonds is 4. The van der Waals surface area contributed by atoms with Crippen LogP contribution in [0.5, 0.6) is 0 Å². The predicted octanol–water partition coefficient (Wildman–Crippen LogP) is 0.507. The van der Waals surface area contributed by atoms with Crippen molar-refractivity contribution >= 4 is 12.0 Å². The third-order valence-corrected chi connectivity index (χ3v) is 4.44. The molecule has 1 aromatic rings. The molecule has 2 fully saturated rings. The van der Waals surface area contributed by atoms with E-state index in [1.807, 2.05) is 0 Å². The number of carboxylic acids is 1. The standard InChI is InChI=1S/C13H18N4O4/c18-12(19)11-9-3-1-2-8(9)6-17(11)13(20)14-5-4-10-15-7-21-16-10/h7-9,11H,1-6H2,(H,14,20)(H,18,19). The number of hydrogen-bond acceptors (Lipinski definition) is 5. The first-order valence-corrected chi connectivity index (χ1v) is 7.19. The van der Waals surface area contributed by atoms with Crippen molar-refractivity contribution in [3.8, 4) is 0 Å². The second-order valence-corrected chi connectivity index (χ2v) is 5.62. The normalized spacial score (nSPS) is 27.6. The summed E-state index contributed by atoms with van der Waals surface area (Å²) in [6.07, 6.45) is 4.67. The Balaban J connectivity index is 1.57. The van der Waals surface area contributed by atoms with Crippen LogP contribution in [0.15, 0.2) is 10.9 Å². The Morgan fingerprint density at radius 3 is 3.05 bits per heavy atom. The second kappa shape index (κ2) is 5.71. The van der Waals surface area contributed by atoms with E-state index in [-0.39, 0.29) is 11.9 Å². The van der Waals surface area contributed by atoms with Crippen LogP contribution in [0.2, 0.25) is 0 Å². The van der Waals surface area contributed by atoms with E-state index in [1.54, 1.807) is 0 Å². The lowest BCUT2D eigenvalue weighted by Gasteiger charge is -2.24. The van der Waals surface area contributed by atoms with Crippen molar-refractivity contribution in [2.75, 3.05) is 13.1 Å². The van der Waals surface area contributed by atoms with E-state index in [2.05, 4.69) is 20.0 Å². The SMILES string of the molecule is O=C(O)C1C2CCCC2CN1C(=O)NCCc1ncon1. The highest BCUT2D eigenvalue weighted by Gasteiger charge is 2.49. The van der Waals surface area contributed by atoms with Gasteiger partial charge in [-0.1, -0.05) is 11.6 Å². The molecule has 2 N–H and O–H groups in total. The molecule has 8 nitrogen and oxygen atoms in total. The maximum atomic E-state index is 12.2. The smallest absolute Gasteiger partial charge is 0.326 e. The minimum Gasteiger partial charge on any atom is -0.480 e. The van der Waals surface area contributed by atoms with E-state index in [0.717, 1.165) is 19.3 Å². The molecule has 3 unspecified atom stereocenters. The molecular weight excluding hydrogens is 276 g/mol. The van der Waals surface area contributed by atoms with E-state index >= 15 is 0 Å². The van der Waals surface area contributed by atoms with Gasteiger partial charge in [0.1, 0.15) is 6.04 Å². The number of aromatic nitrogens is 2. The highest BCUT2D eigenvalue weighted by Crippen LogP contribution is 2.42. The summed E-state index contributed by atoms with van der Waals surface area (Å²) in [7, 11) is 0. The summed E-state index contributed by atoms with van der Waals surface area (Å²) in [5.74, 6) is 0.0422. The van der Waals surface area contributed by atoms with Crippen LogP contribution < -0.4 is 5.32 Å². The van der Waals surface area contributed by atoms with Crippen LogP contribution in [0, 0.1) is 11.8 Å². The zero-order chi connectivity index (χ0) is 14.8. The third-order valence-electron chi connectivity index (χ3n) is 4.44. The van der Waals surface area contributed by atoms with Crippen molar-refractivity contribution in [2.24, 2.45) is 11.8 Å². The fourth-order valence-corrected chi connectivity index (χ4v) is 3.52. The van der Waals surface area contributed by atoms with Gasteiger partial charge < -0.3 is 19.8 Å². The minimum absolute atomic E-state index is 0.102. The monoisotopic (exact) mass is 294 g/mol. The number of likely N-dealkylation sites (tertiary alicyclic amines) is 1. The molecule has 0 spiro atoms. The lowest BCUT2D eigenvalue weighted by molar-refractivity contribution is -0.142. The van der Waals surface area contributed by atoms with Crippen molar-refractivity contribution in [1.82, 2.24) is 20.4 Å². The number of fused-ring (bicyclic) bond motifs is 1. The number of amides is 2. The third kappa shape index (κ3) is 2.70. The minimum atomic E-state index is -0.905. The Kier molecular flexibility index (Phi) is 3.76. The molecule has 2 heterocycles. The maximum absolute atomic E-state index is 12.2. The molecule has 0 bridgehead atoms. The number of carboxylic acid groups (broad SMARTS) is 1. The number of hydrogen-bond donors (Lipinski definition) is 2. The van der Waals surface area contributed by atoms with Gasteiger partial charge in [0.15, 0.2) is 5.82 Å². The highest BCUT2D eigenvalue weighted by molar-refractivity contribution is 5.83. The molecule has 1 saturated heterocycles. The zero-order valence-corrected chi connectivity index (χ0v) is 11.6. The Bertz CT molecular complexity index is 518. The lowest BCUT2D eigenvalue weighted by Crippen LogP contribution is -2.48. The van der Waals surface area contributed by atoms with E-state index < -0.39 is 12.0 Å². The van der Waals surface area contributed by atoms with Gasteiger partial charge in [0, 0.05) is 19.5 Å². The number of nitrogens with zero attached hydrogens (tertiary/aromatic N) is 3. The van der Waals surface area contributed by atoms with Gasteiger partial charge in [-0.2, -0.15) is 4.98 Å². The molecule has 0 radical (unpaired) electrons. The van der Waals surface area contributed by atoms with E-state index in [1.165, 1.54) is 11.3 Å². The average molecular weight is 294 g/mol. The van der Waals surface area contributed by atoms with Crippen LogP contribution in [0.1, 0.15) is 25.1 Å². The number of carbonyl (C=O) groups is 2. The predicted molar refractivity (Wildman–Crippen MR) is 70.4 cm³/mol. The molecule has 114 valence electrons. The van der Waals surface area contributed by atoms with Gasteiger partial charge in [0.05, 0.1) is 0 Å². The molecule has 1 saturated carbocycles. The van der Waals surface area contributed by atoms with Crippen molar-refractivity contribution in [3.63, 3.8) is 0 Å². The first kappa shape index (κ1) is 13.8. The number of urea groups is 1. The van der Waals surface area contributed by atoms with Gasteiger partial charge in [-0.05, 0) is 24.7 Å². The first-order chi connectivity index (χ1) is 10.2. The van der Waals surface area contributed by atoms with Gasteiger partial charge in [-0.25, -0.2) is 9.59 Å². The molecular formula is C13H18N4O4. The molecule has 2 amide bonds. The van der Waals surface area contributed by atoms with Gasteiger partial charge >= 0.3 is 12.0 Å². The molecule has 1 aliphatic heterocycles. The van der Waals surface area contributed by atoms with Crippen molar-refractivity contribution in [2.45, 2.75) is 31.7 Å². The number of nitrogens with one attached hydrogen (secondary N) is 1. The molecule has 3 rings (SSSR count). The maximum Gasteiger partial charge on any atom is 0.326 e. The Morgan fingerprint density at radius 2 is 2.33 bits per heavy atom. The summed E-state index contributed by atoms with van der Waals surface area (Å²) in [6, 6.07) is -1.01. The van der Waals surface area contributed by atoms with E-state index in [9.17, 15) is 14.7 Å². The summed E-state index contributed by atoms with van der Waals surface area (Å²) < 4.78 is 4.61. The molecule has 3 atom stereocenters. The van der Waals surface area contributed by atoms with Crippen molar-refractivity contribution < 1.29 is 19.2 Å². The molecule has 21 heavy (non-hydrogen) atoms. The van der Waals surface area contributed by atoms with Crippen molar-refractivity contribution in [3.05, 3.63) is 12.2 Å². The quantitative estimate of drug-likeness (QED) is 0.837. The topological polar surface area (TPSA) is 109 Å². The van der Waals surface area contributed by atoms with Gasteiger partial charge in [-0.3, -0.25) is 0 Å². The first-order valence-electron chi connectivity index (χ1n) is 7.19. The fourth-order valence-electron chi connectivity index (χ4n) is 3.52. The largest absolute Gasteiger partial charge is 0.480 e. The Hall–Kier alpha value is -2.12. The number of carbonyl (C=O) groups excluding carboxylic acids is 1. The Morgan fingerprint density at radius 1 is 1.48 bits per heavy atom. The van der Waals surface area contributed by atoms with Gasteiger partial charge in [0.25, 0.3) is 0 Å². The molecule has 1 aliphatic carbocycles. The van der Waals surface area contributed by atoms with Gasteiger partial charge in [0.2, 0.25) is 6.39 Å². The summed E-state index contributed by atoms with van der Waals surface area (Å²) >= 11 is 0. The molecule has 0 aromatic carbocycles. The fraction of sp³-hybridized carbons (Fsp3) is 0.692. The summed E-state index contributed by atoms with van der Waals surface area (Å²) in [5.41, 5.74) is 0. The number of aliphatic carboxylic acids is 1. The van der Waals surface area contributed by atoms with Crippen LogP contribution in [-0.2, 0) is 11.2 Å². The average Bonchev–Trinajstić information content (AvgIpc) is 3.13. The zero-order valence-electron chi connectivity index (χ0n) is 11.6. The Labute approximate surface area is 121 Å². The van der Waals surface area contributed by atoms with Crippen molar-refractivity contribution in [1.29, 1.82) is 0 Å². The van der Waals surface area contributed by atoms with Gasteiger partial charge in [-0.15, -0.1) is 0 Å². The summed E-state index contributed by atoms with van der Waals surface area (Å²) in [5, 5.41) is 15.8. The van der Waals surface area contributed by atoms with Crippen LogP contribution >= 0.6 is 0 Å². The second-order valence-electron chi connectivity index (χ2n) is 5.62.